The predicted molar refractivity (Wildman–Crippen MR) is 73.1 cm³/mol. The molecule has 0 spiro atoms. The van der Waals surface area contributed by atoms with Crippen LogP contribution in [0, 0.1) is 13.8 Å². The Balaban J connectivity index is 2.03. The highest BCUT2D eigenvalue weighted by Gasteiger charge is 2.10. The second-order valence-corrected chi connectivity index (χ2v) is 4.33. The Bertz CT molecular complexity index is 590. The maximum absolute atomic E-state index is 12.0. The minimum absolute atomic E-state index is 0.129. The van der Waals surface area contributed by atoms with Crippen LogP contribution in [0.3, 0.4) is 0 Å². The van der Waals surface area contributed by atoms with E-state index in [4.69, 9.17) is 4.42 Å². The maximum atomic E-state index is 12.0. The van der Waals surface area contributed by atoms with E-state index in [2.05, 4.69) is 15.6 Å². The summed E-state index contributed by atoms with van der Waals surface area (Å²) in [7, 11) is 1.85. The molecule has 5 nitrogen and oxygen atoms in total. The van der Waals surface area contributed by atoms with Crippen LogP contribution in [0.2, 0.25) is 0 Å². The first-order valence-electron chi connectivity index (χ1n) is 6.08. The molecule has 1 aromatic carbocycles. The molecule has 5 heteroatoms. The van der Waals surface area contributed by atoms with Gasteiger partial charge in [-0.25, -0.2) is 4.98 Å². The van der Waals surface area contributed by atoms with E-state index in [-0.39, 0.29) is 5.91 Å². The zero-order valence-electron chi connectivity index (χ0n) is 11.3. The molecule has 1 aromatic heterocycles. The van der Waals surface area contributed by atoms with Crippen LogP contribution >= 0.6 is 0 Å². The Morgan fingerprint density at radius 1 is 1.37 bits per heavy atom. The van der Waals surface area contributed by atoms with Gasteiger partial charge in [0, 0.05) is 18.3 Å². The monoisotopic (exact) mass is 259 g/mol. The summed E-state index contributed by atoms with van der Waals surface area (Å²) >= 11 is 0. The number of amides is 1. The maximum Gasteiger partial charge on any atom is 0.251 e. The number of hydrogen-bond donors (Lipinski definition) is 2. The third-order valence-corrected chi connectivity index (χ3v) is 2.83. The Morgan fingerprint density at radius 3 is 2.74 bits per heavy atom. The molecule has 100 valence electrons. The van der Waals surface area contributed by atoms with Crippen molar-refractivity contribution in [2.24, 2.45) is 0 Å². The fraction of sp³-hybridized carbons (Fsp3) is 0.286. The van der Waals surface area contributed by atoms with Crippen molar-refractivity contribution in [3.63, 3.8) is 0 Å². The predicted octanol–water partition coefficient (Wildman–Crippen LogP) is 2.26. The highest BCUT2D eigenvalue weighted by molar-refractivity contribution is 5.95. The number of carbonyl (C=O) groups excluding carboxylic acids is 1. The zero-order valence-corrected chi connectivity index (χ0v) is 11.3. The van der Waals surface area contributed by atoms with E-state index in [9.17, 15) is 4.79 Å². The van der Waals surface area contributed by atoms with Crippen molar-refractivity contribution < 1.29 is 9.21 Å². The number of anilines is 1. The molecule has 0 saturated carbocycles. The van der Waals surface area contributed by atoms with Crippen LogP contribution in [-0.4, -0.2) is 17.9 Å². The third kappa shape index (κ3) is 3.13. The van der Waals surface area contributed by atoms with Crippen molar-refractivity contribution >= 4 is 11.6 Å². The fourth-order valence-corrected chi connectivity index (χ4v) is 1.81. The van der Waals surface area contributed by atoms with Crippen LogP contribution < -0.4 is 10.6 Å². The summed E-state index contributed by atoms with van der Waals surface area (Å²) in [5.74, 6) is 1.12. The molecule has 0 saturated heterocycles. The van der Waals surface area contributed by atoms with Crippen LogP contribution in [0.15, 0.2) is 28.8 Å². The molecule has 0 atom stereocenters. The molecule has 0 aliphatic rings. The van der Waals surface area contributed by atoms with Gasteiger partial charge in [-0.15, -0.1) is 0 Å². The van der Waals surface area contributed by atoms with Gasteiger partial charge in [-0.3, -0.25) is 4.79 Å². The minimum atomic E-state index is -0.129. The topological polar surface area (TPSA) is 67.2 Å². The number of nitrogens with one attached hydrogen (secondary N) is 2. The number of aryl methyl sites for hydroxylation is 2. The summed E-state index contributed by atoms with van der Waals surface area (Å²) in [5.41, 5.74) is 2.56. The average molecular weight is 259 g/mol. The van der Waals surface area contributed by atoms with E-state index in [1.54, 1.807) is 12.3 Å². The van der Waals surface area contributed by atoms with E-state index in [1.165, 1.54) is 0 Å². The molecule has 0 bridgehead atoms. The normalized spacial score (nSPS) is 10.3. The van der Waals surface area contributed by atoms with Gasteiger partial charge in [0.05, 0.1) is 12.7 Å². The van der Waals surface area contributed by atoms with E-state index >= 15 is 0 Å². The van der Waals surface area contributed by atoms with Crippen molar-refractivity contribution in [3.05, 3.63) is 47.2 Å². The summed E-state index contributed by atoms with van der Waals surface area (Å²) in [6.45, 7) is 4.02. The first-order valence-corrected chi connectivity index (χ1v) is 6.08. The second-order valence-electron chi connectivity index (χ2n) is 4.33. The number of aromatic nitrogens is 1. The summed E-state index contributed by atoms with van der Waals surface area (Å²) in [5, 5.41) is 5.83. The standard InChI is InChI=1S/C14H17N3O2/c1-9-6-11(15-3)4-5-12(9)14(18)17-8-13-16-7-10(2)19-13/h4-7,15H,8H2,1-3H3,(H,17,18). The molecular weight excluding hydrogens is 242 g/mol. The Morgan fingerprint density at radius 2 is 2.16 bits per heavy atom. The molecule has 2 rings (SSSR count). The smallest absolute Gasteiger partial charge is 0.251 e. The van der Waals surface area contributed by atoms with Gasteiger partial charge in [0.1, 0.15) is 5.76 Å². The number of rotatable bonds is 4. The van der Waals surface area contributed by atoms with Crippen LogP contribution in [0.4, 0.5) is 5.69 Å². The number of oxazole rings is 1. The largest absolute Gasteiger partial charge is 0.444 e. The van der Waals surface area contributed by atoms with Gasteiger partial charge in [0.25, 0.3) is 5.91 Å². The lowest BCUT2D eigenvalue weighted by atomic mass is 10.1. The number of hydrogen-bond acceptors (Lipinski definition) is 4. The molecule has 0 aliphatic heterocycles. The summed E-state index contributed by atoms with van der Waals surface area (Å²) in [6, 6.07) is 5.61. The van der Waals surface area contributed by atoms with Crippen molar-refractivity contribution in [2.75, 3.05) is 12.4 Å². The summed E-state index contributed by atoms with van der Waals surface area (Å²) in [4.78, 5) is 16.1. The van der Waals surface area contributed by atoms with Gasteiger partial charge in [-0.1, -0.05) is 0 Å². The Labute approximate surface area is 112 Å². The molecule has 2 N–H and O–H groups in total. The summed E-state index contributed by atoms with van der Waals surface area (Å²) < 4.78 is 5.30. The van der Waals surface area contributed by atoms with E-state index < -0.39 is 0 Å². The van der Waals surface area contributed by atoms with Crippen molar-refractivity contribution in [1.29, 1.82) is 0 Å². The van der Waals surface area contributed by atoms with Crippen LogP contribution in [-0.2, 0) is 6.54 Å². The molecule has 2 aromatic rings. The van der Waals surface area contributed by atoms with Crippen LogP contribution in [0.5, 0.6) is 0 Å². The highest BCUT2D eigenvalue weighted by Crippen LogP contribution is 2.14. The molecule has 19 heavy (non-hydrogen) atoms. The van der Waals surface area contributed by atoms with E-state index in [0.717, 1.165) is 17.0 Å². The highest BCUT2D eigenvalue weighted by atomic mass is 16.4. The van der Waals surface area contributed by atoms with Crippen molar-refractivity contribution in [3.8, 4) is 0 Å². The van der Waals surface area contributed by atoms with Crippen molar-refractivity contribution in [1.82, 2.24) is 10.3 Å². The Kier molecular flexibility index (Phi) is 3.85. The van der Waals surface area contributed by atoms with Gasteiger partial charge >= 0.3 is 0 Å². The van der Waals surface area contributed by atoms with Gasteiger partial charge < -0.3 is 15.1 Å². The zero-order chi connectivity index (χ0) is 13.8. The average Bonchev–Trinajstić information content (AvgIpc) is 2.81. The Hall–Kier alpha value is -2.30. The van der Waals surface area contributed by atoms with Crippen molar-refractivity contribution in [2.45, 2.75) is 20.4 Å². The lowest BCUT2D eigenvalue weighted by Crippen LogP contribution is -2.23. The fourth-order valence-electron chi connectivity index (χ4n) is 1.81. The minimum Gasteiger partial charge on any atom is -0.444 e. The van der Waals surface area contributed by atoms with E-state index in [0.29, 0.717) is 18.0 Å². The molecule has 0 fully saturated rings. The molecule has 0 radical (unpaired) electrons. The third-order valence-electron chi connectivity index (χ3n) is 2.83. The molecule has 1 heterocycles. The number of nitrogens with zero attached hydrogens (tertiary/aromatic N) is 1. The SMILES string of the molecule is CNc1ccc(C(=O)NCc2ncc(C)o2)c(C)c1. The lowest BCUT2D eigenvalue weighted by Gasteiger charge is -2.08. The summed E-state index contributed by atoms with van der Waals surface area (Å²) in [6.07, 6.45) is 1.63. The quantitative estimate of drug-likeness (QED) is 0.883. The lowest BCUT2D eigenvalue weighted by molar-refractivity contribution is 0.0946. The molecule has 1 amide bonds. The molecular formula is C14H17N3O2. The first kappa shape index (κ1) is 13.1. The first-order chi connectivity index (χ1) is 9.10. The molecule has 0 aliphatic carbocycles. The second kappa shape index (κ2) is 5.56. The van der Waals surface area contributed by atoms with Gasteiger partial charge in [0.15, 0.2) is 0 Å². The number of benzene rings is 1. The number of carbonyl (C=O) groups is 1. The van der Waals surface area contributed by atoms with Crippen LogP contribution in [0.25, 0.3) is 0 Å². The van der Waals surface area contributed by atoms with Gasteiger partial charge in [-0.2, -0.15) is 0 Å². The van der Waals surface area contributed by atoms with Crippen LogP contribution in [0.1, 0.15) is 27.6 Å². The van der Waals surface area contributed by atoms with Gasteiger partial charge in [-0.05, 0) is 37.6 Å². The van der Waals surface area contributed by atoms with Gasteiger partial charge in [0.2, 0.25) is 5.89 Å². The molecule has 0 unspecified atom stereocenters. The van der Waals surface area contributed by atoms with E-state index in [1.807, 2.05) is 33.0 Å².